The number of anilines is 1. The summed E-state index contributed by atoms with van der Waals surface area (Å²) in [6.45, 7) is 3.72. The minimum Gasteiger partial charge on any atom is -0.480 e. The Morgan fingerprint density at radius 1 is 0.929 bits per heavy atom. The Balaban J connectivity index is 1.80. The van der Waals surface area contributed by atoms with Gasteiger partial charge in [-0.1, -0.05) is 38.1 Å². The number of carbonyl (C=O) groups excluding carboxylic acids is 3. The normalized spacial score (nSPS) is 13.5. The number of hydrogen-bond acceptors (Lipinski definition) is 4. The molecule has 144 valence electrons. The van der Waals surface area contributed by atoms with Gasteiger partial charge in [-0.3, -0.25) is 9.59 Å². The van der Waals surface area contributed by atoms with E-state index in [4.69, 9.17) is 0 Å². The molecule has 0 heterocycles. The van der Waals surface area contributed by atoms with Crippen LogP contribution in [-0.4, -0.2) is 34.7 Å². The molecule has 0 bridgehead atoms. The molecule has 0 fully saturated rings. The third kappa shape index (κ3) is 3.78. The molecular formula is C21H20N2O5. The zero-order chi connectivity index (χ0) is 20.4. The van der Waals surface area contributed by atoms with E-state index in [1.54, 1.807) is 24.3 Å². The summed E-state index contributed by atoms with van der Waals surface area (Å²) in [6.07, 6.45) is 0.288. The topological polar surface area (TPSA) is 113 Å². The highest BCUT2D eigenvalue weighted by atomic mass is 16.4. The van der Waals surface area contributed by atoms with E-state index in [0.29, 0.717) is 16.8 Å². The minimum absolute atomic E-state index is 0.0915. The lowest BCUT2D eigenvalue weighted by atomic mass is 9.84. The molecule has 0 spiro atoms. The molecule has 0 aromatic heterocycles. The van der Waals surface area contributed by atoms with E-state index < -0.39 is 18.0 Å². The van der Waals surface area contributed by atoms with E-state index in [0.717, 1.165) is 0 Å². The molecular weight excluding hydrogens is 360 g/mol. The largest absolute Gasteiger partial charge is 0.480 e. The average molecular weight is 380 g/mol. The number of ketones is 2. The van der Waals surface area contributed by atoms with Gasteiger partial charge in [0.2, 0.25) is 0 Å². The Kier molecular flexibility index (Phi) is 5.26. The maximum atomic E-state index is 12.7. The highest BCUT2D eigenvalue weighted by molar-refractivity contribution is 6.28. The van der Waals surface area contributed by atoms with Crippen LogP contribution < -0.4 is 10.6 Å². The molecule has 7 nitrogen and oxygen atoms in total. The van der Waals surface area contributed by atoms with E-state index in [9.17, 15) is 24.3 Å². The minimum atomic E-state index is -1.12. The highest BCUT2D eigenvalue weighted by Crippen LogP contribution is 2.29. The lowest BCUT2D eigenvalue weighted by Crippen LogP contribution is -2.43. The van der Waals surface area contributed by atoms with Crippen LogP contribution in [0.3, 0.4) is 0 Å². The fourth-order valence-electron chi connectivity index (χ4n) is 3.20. The van der Waals surface area contributed by atoms with Crippen molar-refractivity contribution in [2.75, 3.05) is 5.32 Å². The summed E-state index contributed by atoms with van der Waals surface area (Å²) in [5.41, 5.74) is 1.46. The van der Waals surface area contributed by atoms with Crippen molar-refractivity contribution in [2.45, 2.75) is 26.3 Å². The van der Waals surface area contributed by atoms with Gasteiger partial charge in [0.25, 0.3) is 0 Å². The van der Waals surface area contributed by atoms with Gasteiger partial charge in [-0.2, -0.15) is 0 Å². The molecule has 1 aliphatic rings. The zero-order valence-electron chi connectivity index (χ0n) is 15.5. The number of rotatable bonds is 5. The van der Waals surface area contributed by atoms with Crippen molar-refractivity contribution < 1.29 is 24.3 Å². The number of hydrogen-bond donors (Lipinski definition) is 3. The maximum absolute atomic E-state index is 12.7. The van der Waals surface area contributed by atoms with Crippen molar-refractivity contribution in [3.63, 3.8) is 0 Å². The van der Waals surface area contributed by atoms with Crippen LogP contribution >= 0.6 is 0 Å². The molecule has 1 aliphatic carbocycles. The summed E-state index contributed by atoms with van der Waals surface area (Å²) < 4.78 is 0. The molecule has 1 unspecified atom stereocenters. The summed E-state index contributed by atoms with van der Waals surface area (Å²) in [6, 6.07) is 9.31. The van der Waals surface area contributed by atoms with Crippen LogP contribution in [0, 0.1) is 5.92 Å². The number of carboxylic acid groups (broad SMARTS) is 1. The number of nitrogens with one attached hydrogen (secondary N) is 2. The van der Waals surface area contributed by atoms with Crippen molar-refractivity contribution in [2.24, 2.45) is 5.92 Å². The van der Waals surface area contributed by atoms with E-state index in [1.807, 2.05) is 13.8 Å². The van der Waals surface area contributed by atoms with Gasteiger partial charge in [0.15, 0.2) is 11.6 Å². The van der Waals surface area contributed by atoms with Gasteiger partial charge in [-0.25, -0.2) is 9.59 Å². The molecule has 0 radical (unpaired) electrons. The van der Waals surface area contributed by atoms with Crippen molar-refractivity contribution >= 4 is 29.3 Å². The number of amides is 2. The van der Waals surface area contributed by atoms with E-state index >= 15 is 0 Å². The van der Waals surface area contributed by atoms with Crippen LogP contribution in [0.15, 0.2) is 42.5 Å². The summed E-state index contributed by atoms with van der Waals surface area (Å²) in [5.74, 6) is -1.57. The van der Waals surface area contributed by atoms with Crippen LogP contribution in [0.2, 0.25) is 0 Å². The van der Waals surface area contributed by atoms with Gasteiger partial charge < -0.3 is 15.7 Å². The first-order chi connectivity index (χ1) is 13.3. The number of aliphatic carboxylic acids is 1. The second kappa shape index (κ2) is 7.64. The van der Waals surface area contributed by atoms with Gasteiger partial charge in [0.05, 0.1) is 0 Å². The van der Waals surface area contributed by atoms with Gasteiger partial charge in [-0.05, 0) is 30.5 Å². The smallest absolute Gasteiger partial charge is 0.326 e. The van der Waals surface area contributed by atoms with Gasteiger partial charge in [0, 0.05) is 27.9 Å². The standard InChI is InChI=1S/C21H20N2O5/c1-11(2)9-17(20(26)27)23-21(28)22-12-7-8-15-16(10-12)19(25)14-6-4-3-5-13(14)18(15)24/h3-8,10-11,17H,9H2,1-2H3,(H,26,27)(H2,22,23,28). The highest BCUT2D eigenvalue weighted by Gasteiger charge is 2.29. The maximum Gasteiger partial charge on any atom is 0.326 e. The van der Waals surface area contributed by atoms with E-state index in [1.165, 1.54) is 18.2 Å². The molecule has 2 amide bonds. The predicted octanol–water partition coefficient (Wildman–Crippen LogP) is 3.08. The SMILES string of the molecule is CC(C)CC(NC(=O)Nc1ccc2c(c1)C(=O)c1ccccc1C2=O)C(=O)O. The van der Waals surface area contributed by atoms with Crippen LogP contribution in [0.25, 0.3) is 0 Å². The summed E-state index contributed by atoms with van der Waals surface area (Å²) in [5, 5.41) is 14.2. The molecule has 1 atom stereocenters. The molecule has 2 aromatic carbocycles. The Morgan fingerprint density at radius 3 is 2.07 bits per heavy atom. The van der Waals surface area contributed by atoms with Crippen molar-refractivity contribution in [3.8, 4) is 0 Å². The number of carboxylic acids is 1. The van der Waals surface area contributed by atoms with E-state index in [-0.39, 0.29) is 35.0 Å². The first-order valence-corrected chi connectivity index (χ1v) is 8.90. The van der Waals surface area contributed by atoms with E-state index in [2.05, 4.69) is 10.6 Å². The summed E-state index contributed by atoms with van der Waals surface area (Å²) >= 11 is 0. The van der Waals surface area contributed by atoms with Crippen molar-refractivity contribution in [1.29, 1.82) is 0 Å². The molecule has 0 saturated carbocycles. The lowest BCUT2D eigenvalue weighted by Gasteiger charge is -2.19. The molecule has 7 heteroatoms. The lowest BCUT2D eigenvalue weighted by molar-refractivity contribution is -0.139. The van der Waals surface area contributed by atoms with Crippen molar-refractivity contribution in [1.82, 2.24) is 5.32 Å². The first-order valence-electron chi connectivity index (χ1n) is 8.90. The molecule has 2 aromatic rings. The second-order valence-corrected chi connectivity index (χ2v) is 7.08. The summed E-state index contributed by atoms with van der Waals surface area (Å²) in [4.78, 5) is 48.8. The Morgan fingerprint density at radius 2 is 1.50 bits per heavy atom. The van der Waals surface area contributed by atoms with Crippen molar-refractivity contribution in [3.05, 3.63) is 64.7 Å². The number of carbonyl (C=O) groups is 4. The first kappa shape index (κ1) is 19.3. The van der Waals surface area contributed by atoms with Crippen LogP contribution in [0.5, 0.6) is 0 Å². The molecule has 0 aliphatic heterocycles. The Hall–Kier alpha value is -3.48. The molecule has 3 N–H and O–H groups in total. The van der Waals surface area contributed by atoms with Gasteiger partial charge in [0.1, 0.15) is 6.04 Å². The number of benzene rings is 2. The predicted molar refractivity (Wildman–Crippen MR) is 103 cm³/mol. The van der Waals surface area contributed by atoms with Gasteiger partial charge >= 0.3 is 12.0 Å². The number of fused-ring (bicyclic) bond motifs is 2. The Bertz CT molecular complexity index is 981. The fourth-order valence-corrected chi connectivity index (χ4v) is 3.20. The Labute approximate surface area is 161 Å². The second-order valence-electron chi connectivity index (χ2n) is 7.08. The fraction of sp³-hybridized carbons (Fsp3) is 0.238. The van der Waals surface area contributed by atoms with Gasteiger partial charge in [-0.15, -0.1) is 0 Å². The van der Waals surface area contributed by atoms with Crippen LogP contribution in [0.4, 0.5) is 10.5 Å². The third-order valence-corrected chi connectivity index (χ3v) is 4.49. The number of urea groups is 1. The van der Waals surface area contributed by atoms with Crippen LogP contribution in [-0.2, 0) is 4.79 Å². The third-order valence-electron chi connectivity index (χ3n) is 4.49. The molecule has 0 saturated heterocycles. The molecule has 3 rings (SSSR count). The average Bonchev–Trinajstić information content (AvgIpc) is 2.65. The zero-order valence-corrected chi connectivity index (χ0v) is 15.5. The quantitative estimate of drug-likeness (QED) is 0.630. The summed E-state index contributed by atoms with van der Waals surface area (Å²) in [7, 11) is 0. The molecule has 28 heavy (non-hydrogen) atoms. The monoisotopic (exact) mass is 380 g/mol. The van der Waals surface area contributed by atoms with Crippen LogP contribution in [0.1, 0.15) is 52.1 Å².